The van der Waals surface area contributed by atoms with Gasteiger partial charge in [-0.1, -0.05) is 151 Å². The van der Waals surface area contributed by atoms with Gasteiger partial charge in [0.2, 0.25) is 0 Å². The second-order valence-electron chi connectivity index (χ2n) is 12.1. The highest BCUT2D eigenvalue weighted by molar-refractivity contribution is 6.31. The molecule has 12 rings (SSSR count). The molecule has 12 aromatic rings. The van der Waals surface area contributed by atoms with Crippen LogP contribution < -0.4 is 0 Å². The Bertz CT molecular complexity index is 5100. The molecule has 2 nitrogen and oxygen atoms in total. The zero-order valence-electron chi connectivity index (χ0n) is 55.9. The van der Waals surface area contributed by atoms with Gasteiger partial charge in [-0.3, -0.25) is 0 Å². The summed E-state index contributed by atoms with van der Waals surface area (Å²) in [5.74, 6) is 0. The molecule has 0 saturated carbocycles. The Morgan fingerprint density at radius 1 is 0.333 bits per heavy atom. The Labute approximate surface area is 350 Å². The monoisotopic (exact) mass is 715 g/mol. The van der Waals surface area contributed by atoms with Gasteiger partial charge in [-0.05, 0) is 95.6 Å². The van der Waals surface area contributed by atoms with Crippen LogP contribution in [0.25, 0.3) is 120 Å². The van der Waals surface area contributed by atoms with Gasteiger partial charge < -0.3 is 8.83 Å². The average molecular weight is 716 g/mol. The number of fused-ring (bicyclic) bond motifs is 11. The van der Waals surface area contributed by atoms with Crippen LogP contribution in [0.4, 0.5) is 0 Å². The van der Waals surface area contributed by atoms with Gasteiger partial charge in [0.05, 0.1) is 39.8 Å². The van der Waals surface area contributed by atoms with Crippen molar-refractivity contribution in [2.75, 3.05) is 0 Å². The van der Waals surface area contributed by atoms with Gasteiger partial charge >= 0.3 is 0 Å². The molecule has 0 radical (unpaired) electrons. The standard InChI is InChI=1S/C52H30O2/c1-2-17-34-32(14-1)29-43(36-19-4-3-18-35(34)36)31-15-13-16-33(28-31)48-38-21-5-7-23-40(38)49(41-24-8-6-22-39(41)48)51-50-42-25-10-12-27-46(42)53-47(50)30-44-37-20-9-11-26-45(37)54-52(44)51/h1-30H/i1D,2D,3D,4D,5D,6D,7D,8D,9D,10D,11D,12D,13D,14D,15D,16D,17D,18D,19D,20D,21D,22D,23D,24D,25D,26D,27D,28D,29D. The number of hydrogen-bond donors (Lipinski definition) is 0. The number of para-hydroxylation sites is 2. The van der Waals surface area contributed by atoms with Crippen molar-refractivity contribution in [2.45, 2.75) is 0 Å². The van der Waals surface area contributed by atoms with Crippen LogP contribution in [-0.4, -0.2) is 0 Å². The van der Waals surface area contributed by atoms with Crippen LogP contribution >= 0.6 is 0 Å². The minimum atomic E-state index is -1.13. The molecular formula is C52H30O2. The van der Waals surface area contributed by atoms with Crippen molar-refractivity contribution in [1.82, 2.24) is 0 Å². The average Bonchev–Trinajstić information content (AvgIpc) is 2.42. The van der Waals surface area contributed by atoms with Crippen molar-refractivity contribution in [3.63, 3.8) is 0 Å². The molecule has 2 heteroatoms. The SMILES string of the molecule is [2H]c1c([2H])c(-c2c3c([2H])c([2H])c([2H])c([2H])c3c(-c3c4oc5c([2H])c([2H])c([2H])c([2H])c5c4cc4oc5c([2H])c([2H])c([2H])c([2H])c5c34)c3c([2H])c([2H])c([2H])c([2H])c23)c([2H])c(-c2c([2H])c3c([2H])c([2H])c([2H])c([2H])c3c3c([2H])c([2H])c([2H])c([2H])c23)c1[2H]. The van der Waals surface area contributed by atoms with Gasteiger partial charge in [-0.25, -0.2) is 0 Å². The number of rotatable bonds is 3. The topological polar surface area (TPSA) is 26.3 Å². The molecule has 0 aliphatic heterocycles. The highest BCUT2D eigenvalue weighted by Gasteiger charge is 2.25. The molecule has 0 fully saturated rings. The van der Waals surface area contributed by atoms with Crippen LogP contribution in [-0.2, 0) is 0 Å². The first-order valence-corrected chi connectivity index (χ1v) is 16.1. The third-order valence-corrected chi connectivity index (χ3v) is 9.36. The van der Waals surface area contributed by atoms with E-state index in [1.54, 1.807) is 0 Å². The Balaban J connectivity index is 1.41. The Hall–Kier alpha value is -7.16. The Morgan fingerprint density at radius 3 is 1.59 bits per heavy atom. The van der Waals surface area contributed by atoms with Gasteiger partial charge in [0.25, 0.3) is 0 Å². The normalized spacial score (nSPS) is 19.6. The van der Waals surface area contributed by atoms with Gasteiger partial charge in [0, 0.05) is 32.7 Å². The Kier molecular flexibility index (Phi) is 2.70. The first kappa shape index (κ1) is 13.1. The lowest BCUT2D eigenvalue weighted by atomic mass is 9.83. The largest absolute Gasteiger partial charge is 0.456 e. The van der Waals surface area contributed by atoms with Gasteiger partial charge in [0.15, 0.2) is 0 Å². The summed E-state index contributed by atoms with van der Waals surface area (Å²) >= 11 is 0. The molecular weight excluding hydrogens is 657 g/mol. The smallest absolute Gasteiger partial charge is 0.144 e. The van der Waals surface area contributed by atoms with E-state index < -0.39 is 274 Å². The molecule has 0 atom stereocenters. The molecule has 0 N–H and O–H groups in total. The van der Waals surface area contributed by atoms with Crippen LogP contribution in [0.15, 0.2) is 190 Å². The van der Waals surface area contributed by atoms with Crippen LogP contribution in [0.2, 0.25) is 0 Å². The van der Waals surface area contributed by atoms with Crippen molar-refractivity contribution in [3.8, 4) is 33.4 Å². The molecule has 54 heavy (non-hydrogen) atoms. The Morgan fingerprint density at radius 2 is 0.870 bits per heavy atom. The lowest BCUT2D eigenvalue weighted by Crippen LogP contribution is -1.92. The molecule has 0 spiro atoms. The van der Waals surface area contributed by atoms with Gasteiger partial charge in [-0.15, -0.1) is 0 Å². The van der Waals surface area contributed by atoms with E-state index in [-0.39, 0.29) is 21.7 Å². The summed E-state index contributed by atoms with van der Waals surface area (Å²) in [7, 11) is 0. The van der Waals surface area contributed by atoms with E-state index in [2.05, 4.69) is 0 Å². The van der Waals surface area contributed by atoms with Gasteiger partial charge in [0.1, 0.15) is 22.3 Å². The van der Waals surface area contributed by atoms with Crippen LogP contribution in [0.5, 0.6) is 0 Å². The van der Waals surface area contributed by atoms with E-state index in [4.69, 9.17) is 33.5 Å². The molecule has 0 amide bonds. The zero-order chi connectivity index (χ0) is 60.6. The van der Waals surface area contributed by atoms with Crippen LogP contribution in [0, 0.1) is 0 Å². The first-order chi connectivity index (χ1) is 38.9. The molecule has 0 aliphatic carbocycles. The second-order valence-corrected chi connectivity index (χ2v) is 12.1. The third-order valence-electron chi connectivity index (χ3n) is 9.36. The molecule has 0 aliphatic rings. The van der Waals surface area contributed by atoms with E-state index in [0.29, 0.717) is 0 Å². The fourth-order valence-electron chi connectivity index (χ4n) is 7.21. The molecule has 0 saturated heterocycles. The molecule has 10 aromatic carbocycles. The summed E-state index contributed by atoms with van der Waals surface area (Å²) in [6.07, 6.45) is 0. The predicted octanol–water partition coefficient (Wildman–Crippen LogP) is 15.1. The van der Waals surface area contributed by atoms with Crippen molar-refractivity contribution >= 4 is 87.0 Å². The highest BCUT2D eigenvalue weighted by Crippen LogP contribution is 2.51. The van der Waals surface area contributed by atoms with E-state index in [1.165, 1.54) is 6.07 Å². The maximum Gasteiger partial charge on any atom is 0.144 e. The number of furan rings is 2. The number of benzene rings is 10. The van der Waals surface area contributed by atoms with E-state index in [9.17, 15) is 15.1 Å². The summed E-state index contributed by atoms with van der Waals surface area (Å²) in [6, 6.07) is -25.5. The highest BCUT2D eigenvalue weighted by atomic mass is 16.3. The van der Waals surface area contributed by atoms with E-state index >= 15 is 0 Å². The fraction of sp³-hybridized carbons (Fsp3) is 0. The van der Waals surface area contributed by atoms with Crippen molar-refractivity contribution in [1.29, 1.82) is 0 Å². The second kappa shape index (κ2) is 11.2. The minimum Gasteiger partial charge on any atom is -0.456 e. The van der Waals surface area contributed by atoms with Crippen molar-refractivity contribution < 1.29 is 48.6 Å². The molecule has 2 aromatic heterocycles. The molecule has 250 valence electrons. The van der Waals surface area contributed by atoms with E-state index in [0.717, 1.165) is 0 Å². The summed E-state index contributed by atoms with van der Waals surface area (Å²) in [5, 5.41) is -6.81. The van der Waals surface area contributed by atoms with Gasteiger partial charge in [-0.2, -0.15) is 0 Å². The van der Waals surface area contributed by atoms with Crippen molar-refractivity contribution in [3.05, 3.63) is 181 Å². The maximum absolute atomic E-state index is 10.2. The summed E-state index contributed by atoms with van der Waals surface area (Å²) < 4.78 is 278. The third kappa shape index (κ3) is 4.11. The van der Waals surface area contributed by atoms with E-state index in [1.807, 2.05) is 0 Å². The van der Waals surface area contributed by atoms with Crippen molar-refractivity contribution in [2.24, 2.45) is 0 Å². The summed E-state index contributed by atoms with van der Waals surface area (Å²) in [6.45, 7) is 0. The van der Waals surface area contributed by atoms with Crippen LogP contribution in [0.1, 0.15) is 39.8 Å². The fourth-order valence-corrected chi connectivity index (χ4v) is 7.21. The van der Waals surface area contributed by atoms with Crippen LogP contribution in [0.3, 0.4) is 0 Å². The summed E-state index contributed by atoms with van der Waals surface area (Å²) in [4.78, 5) is 0. The quantitative estimate of drug-likeness (QED) is 0.134. The first-order valence-electron chi connectivity index (χ1n) is 30.6. The summed E-state index contributed by atoms with van der Waals surface area (Å²) in [5.41, 5.74) is -6.43. The lowest BCUT2D eigenvalue weighted by molar-refractivity contribution is 0.664. The zero-order valence-corrected chi connectivity index (χ0v) is 26.9. The molecule has 2 heterocycles. The predicted molar refractivity (Wildman–Crippen MR) is 227 cm³/mol. The minimum absolute atomic E-state index is 0.219. The molecule has 0 unspecified atom stereocenters. The molecule has 0 bridgehead atoms. The number of hydrogen-bond acceptors (Lipinski definition) is 2. The lowest BCUT2D eigenvalue weighted by Gasteiger charge is -2.19. The maximum atomic E-state index is 10.2.